The first-order valence-corrected chi connectivity index (χ1v) is 10.2. The molecule has 2 rings (SSSR count). The van der Waals surface area contributed by atoms with Crippen LogP contribution < -0.4 is 10.1 Å². The first kappa shape index (κ1) is 20.4. The number of ether oxygens (including phenoxy) is 1. The highest BCUT2D eigenvalue weighted by Crippen LogP contribution is 2.24. The largest absolute Gasteiger partial charge is 0.481 e. The third-order valence-corrected chi connectivity index (χ3v) is 5.51. The first-order valence-electron chi connectivity index (χ1n) is 9.03. The number of carbonyl (C=O) groups is 1. The van der Waals surface area contributed by atoms with Crippen molar-refractivity contribution in [3.05, 3.63) is 64.2 Å². The summed E-state index contributed by atoms with van der Waals surface area (Å²) >= 11 is 1.83. The van der Waals surface area contributed by atoms with Crippen molar-refractivity contribution in [3.63, 3.8) is 0 Å². The number of aryl methyl sites for hydroxylation is 3. The standard InChI is InChI=1S/C22H29NO2S/c1-15-12-17(3)18(4)21(13-15)25-19(5)22(24)23-10-11-26-14-20-9-7-6-8-16(20)2/h6-9,12-13,19H,10-11,14H2,1-5H3,(H,23,24)/t19-/m1/s1. The van der Waals surface area contributed by atoms with Crippen molar-refractivity contribution in [2.75, 3.05) is 12.3 Å². The van der Waals surface area contributed by atoms with E-state index >= 15 is 0 Å². The van der Waals surface area contributed by atoms with Crippen LogP contribution in [0.15, 0.2) is 36.4 Å². The number of nitrogens with one attached hydrogen (secondary N) is 1. The van der Waals surface area contributed by atoms with Crippen molar-refractivity contribution in [1.29, 1.82) is 0 Å². The van der Waals surface area contributed by atoms with E-state index in [4.69, 9.17) is 4.74 Å². The fourth-order valence-electron chi connectivity index (χ4n) is 2.71. The molecule has 4 heteroatoms. The summed E-state index contributed by atoms with van der Waals surface area (Å²) in [5.74, 6) is 2.57. The lowest BCUT2D eigenvalue weighted by atomic mass is 10.1. The number of hydrogen-bond donors (Lipinski definition) is 1. The molecule has 2 aromatic carbocycles. The summed E-state index contributed by atoms with van der Waals surface area (Å²) in [7, 11) is 0. The molecule has 0 saturated heterocycles. The zero-order valence-corrected chi connectivity index (χ0v) is 17.2. The van der Waals surface area contributed by atoms with Crippen molar-refractivity contribution in [2.24, 2.45) is 0 Å². The normalized spacial score (nSPS) is 11.9. The van der Waals surface area contributed by atoms with Crippen LogP contribution in [0, 0.1) is 27.7 Å². The maximum absolute atomic E-state index is 12.3. The minimum atomic E-state index is -0.503. The van der Waals surface area contributed by atoms with Crippen LogP contribution in [0.4, 0.5) is 0 Å². The summed E-state index contributed by atoms with van der Waals surface area (Å²) in [5.41, 5.74) is 6.08. The zero-order valence-electron chi connectivity index (χ0n) is 16.4. The Kier molecular flexibility index (Phi) is 7.58. The molecule has 0 saturated carbocycles. The van der Waals surface area contributed by atoms with Gasteiger partial charge < -0.3 is 10.1 Å². The molecule has 0 fully saturated rings. The van der Waals surface area contributed by atoms with Gasteiger partial charge in [0.05, 0.1) is 0 Å². The average Bonchev–Trinajstić information content (AvgIpc) is 2.60. The molecule has 0 aromatic heterocycles. The molecule has 1 atom stereocenters. The highest BCUT2D eigenvalue weighted by atomic mass is 32.2. The number of carbonyl (C=O) groups excluding carboxylic acids is 1. The van der Waals surface area contributed by atoms with Crippen molar-refractivity contribution in [1.82, 2.24) is 5.32 Å². The first-order chi connectivity index (χ1) is 12.4. The number of hydrogen-bond acceptors (Lipinski definition) is 3. The molecule has 140 valence electrons. The van der Waals surface area contributed by atoms with E-state index in [1.807, 2.05) is 31.7 Å². The van der Waals surface area contributed by atoms with Crippen molar-refractivity contribution in [3.8, 4) is 5.75 Å². The second-order valence-corrected chi connectivity index (χ2v) is 7.84. The van der Waals surface area contributed by atoms with Crippen LogP contribution in [0.3, 0.4) is 0 Å². The van der Waals surface area contributed by atoms with Crippen LogP contribution in [0.25, 0.3) is 0 Å². The fraction of sp³-hybridized carbons (Fsp3) is 0.409. The Balaban J connectivity index is 1.75. The van der Waals surface area contributed by atoms with Crippen LogP contribution in [0.1, 0.15) is 34.7 Å². The smallest absolute Gasteiger partial charge is 0.260 e. The van der Waals surface area contributed by atoms with E-state index in [0.717, 1.165) is 28.4 Å². The lowest BCUT2D eigenvalue weighted by Crippen LogP contribution is -2.37. The summed E-state index contributed by atoms with van der Waals surface area (Å²) in [4.78, 5) is 12.3. The number of benzene rings is 2. The lowest BCUT2D eigenvalue weighted by Gasteiger charge is -2.18. The van der Waals surface area contributed by atoms with E-state index < -0.39 is 6.10 Å². The number of thioether (sulfide) groups is 1. The molecule has 26 heavy (non-hydrogen) atoms. The second-order valence-electron chi connectivity index (χ2n) is 6.74. The number of amides is 1. The molecule has 2 aromatic rings. The molecule has 3 nitrogen and oxygen atoms in total. The summed E-state index contributed by atoms with van der Waals surface area (Å²) < 4.78 is 5.89. The van der Waals surface area contributed by atoms with Gasteiger partial charge in [0.2, 0.25) is 0 Å². The monoisotopic (exact) mass is 371 g/mol. The molecule has 0 aliphatic heterocycles. The molecule has 1 amide bonds. The van der Waals surface area contributed by atoms with E-state index in [0.29, 0.717) is 6.54 Å². The van der Waals surface area contributed by atoms with Crippen molar-refractivity contribution >= 4 is 17.7 Å². The highest BCUT2D eigenvalue weighted by molar-refractivity contribution is 7.98. The molecule has 0 bridgehead atoms. The summed E-state index contributed by atoms with van der Waals surface area (Å²) in [6, 6.07) is 12.5. The maximum atomic E-state index is 12.3. The Labute approximate surface area is 161 Å². The van der Waals surface area contributed by atoms with Gasteiger partial charge in [0.15, 0.2) is 6.10 Å². The molecular formula is C22H29NO2S. The van der Waals surface area contributed by atoms with Crippen LogP contribution in [-0.2, 0) is 10.5 Å². The Morgan fingerprint density at radius 1 is 1.12 bits per heavy atom. The molecular weight excluding hydrogens is 342 g/mol. The van der Waals surface area contributed by atoms with Gasteiger partial charge >= 0.3 is 0 Å². The van der Waals surface area contributed by atoms with Crippen molar-refractivity contribution in [2.45, 2.75) is 46.5 Å². The minimum absolute atomic E-state index is 0.0694. The van der Waals surface area contributed by atoms with Crippen LogP contribution in [0.5, 0.6) is 5.75 Å². The minimum Gasteiger partial charge on any atom is -0.481 e. The highest BCUT2D eigenvalue weighted by Gasteiger charge is 2.16. The van der Waals surface area contributed by atoms with Gasteiger partial charge in [-0.25, -0.2) is 0 Å². The van der Waals surface area contributed by atoms with Gasteiger partial charge in [-0.05, 0) is 68.5 Å². The van der Waals surface area contributed by atoms with Gasteiger partial charge in [-0.2, -0.15) is 11.8 Å². The topological polar surface area (TPSA) is 38.3 Å². The molecule has 0 heterocycles. The Morgan fingerprint density at radius 2 is 1.85 bits per heavy atom. The maximum Gasteiger partial charge on any atom is 0.260 e. The van der Waals surface area contributed by atoms with E-state index in [2.05, 4.69) is 49.5 Å². The SMILES string of the molecule is Cc1cc(C)c(C)c(O[C@H](C)C(=O)NCCSCc2ccccc2C)c1. The van der Waals surface area contributed by atoms with Gasteiger partial charge in [-0.3, -0.25) is 4.79 Å². The second kappa shape index (κ2) is 9.67. The Hall–Kier alpha value is -1.94. The predicted octanol–water partition coefficient (Wildman–Crippen LogP) is 4.74. The number of rotatable bonds is 8. The molecule has 0 unspecified atom stereocenters. The third-order valence-electron chi connectivity index (χ3n) is 4.50. The van der Waals surface area contributed by atoms with E-state index in [-0.39, 0.29) is 5.91 Å². The fourth-order valence-corrected chi connectivity index (χ4v) is 3.65. The van der Waals surface area contributed by atoms with E-state index in [1.54, 1.807) is 6.92 Å². The van der Waals surface area contributed by atoms with Gasteiger partial charge in [-0.15, -0.1) is 0 Å². The third kappa shape index (κ3) is 5.80. The molecule has 0 spiro atoms. The predicted molar refractivity (Wildman–Crippen MR) is 111 cm³/mol. The molecule has 0 aliphatic rings. The zero-order chi connectivity index (χ0) is 19.1. The summed E-state index contributed by atoms with van der Waals surface area (Å²) in [6.07, 6.45) is -0.503. The Bertz CT molecular complexity index is 758. The lowest BCUT2D eigenvalue weighted by molar-refractivity contribution is -0.127. The van der Waals surface area contributed by atoms with Crippen LogP contribution in [-0.4, -0.2) is 24.3 Å². The van der Waals surface area contributed by atoms with Gasteiger partial charge in [-0.1, -0.05) is 30.3 Å². The van der Waals surface area contributed by atoms with E-state index in [1.165, 1.54) is 16.7 Å². The molecule has 0 aliphatic carbocycles. The molecule has 1 N–H and O–H groups in total. The van der Waals surface area contributed by atoms with Crippen LogP contribution >= 0.6 is 11.8 Å². The van der Waals surface area contributed by atoms with E-state index in [9.17, 15) is 4.79 Å². The summed E-state index contributed by atoms with van der Waals surface area (Å²) in [6.45, 7) is 10.7. The van der Waals surface area contributed by atoms with Crippen molar-refractivity contribution < 1.29 is 9.53 Å². The Morgan fingerprint density at radius 3 is 2.58 bits per heavy atom. The average molecular weight is 372 g/mol. The molecule has 0 radical (unpaired) electrons. The summed E-state index contributed by atoms with van der Waals surface area (Å²) in [5, 5.41) is 2.97. The van der Waals surface area contributed by atoms with Gasteiger partial charge in [0, 0.05) is 18.1 Å². The quantitative estimate of drug-likeness (QED) is 0.681. The van der Waals surface area contributed by atoms with Gasteiger partial charge in [0.25, 0.3) is 5.91 Å². The van der Waals surface area contributed by atoms with Gasteiger partial charge in [0.1, 0.15) is 5.75 Å². The van der Waals surface area contributed by atoms with Crippen LogP contribution in [0.2, 0.25) is 0 Å².